The Morgan fingerprint density at radius 3 is 2.72 bits per heavy atom. The van der Waals surface area contributed by atoms with E-state index in [1.54, 1.807) is 11.0 Å². The van der Waals surface area contributed by atoms with Crippen molar-refractivity contribution in [3.63, 3.8) is 0 Å². The molecular weight excluding hydrogens is 346 g/mol. The minimum atomic E-state index is -3.83. The Balaban J connectivity index is 1.92. The third-order valence-electron chi connectivity index (χ3n) is 3.81. The van der Waals surface area contributed by atoms with E-state index in [2.05, 4.69) is 5.32 Å². The molecule has 1 fully saturated rings. The van der Waals surface area contributed by atoms with Gasteiger partial charge in [-0.2, -0.15) is 0 Å². The molecule has 0 aromatic carbocycles. The fraction of sp³-hybridized carbons (Fsp3) is 0.688. The Bertz CT molecular complexity index is 693. The van der Waals surface area contributed by atoms with Crippen molar-refractivity contribution in [2.45, 2.75) is 63.3 Å². The number of carbonyl (C=O) groups is 1. The summed E-state index contributed by atoms with van der Waals surface area (Å²) in [5, 5.41) is 8.09. The summed E-state index contributed by atoms with van der Waals surface area (Å²) < 4.78 is 33.1. The first-order chi connectivity index (χ1) is 11.5. The topological polar surface area (TPSA) is 115 Å². The van der Waals surface area contributed by atoms with Crippen LogP contribution in [0.15, 0.2) is 21.6 Å². The van der Waals surface area contributed by atoms with E-state index >= 15 is 0 Å². The monoisotopic (exact) mass is 373 g/mol. The molecule has 1 amide bonds. The molecular formula is C16H27N3O5S. The van der Waals surface area contributed by atoms with Crippen molar-refractivity contribution < 1.29 is 22.4 Å². The van der Waals surface area contributed by atoms with E-state index in [-0.39, 0.29) is 17.2 Å². The largest absolute Gasteiger partial charge is 0.447 e. The Labute approximate surface area is 148 Å². The number of nitrogens with zero attached hydrogens (tertiary/aromatic N) is 1. The van der Waals surface area contributed by atoms with E-state index in [0.29, 0.717) is 25.4 Å². The summed E-state index contributed by atoms with van der Waals surface area (Å²) in [6.07, 6.45) is 2.53. The highest BCUT2D eigenvalue weighted by Crippen LogP contribution is 2.17. The van der Waals surface area contributed by atoms with Crippen LogP contribution in [0.4, 0.5) is 4.79 Å². The van der Waals surface area contributed by atoms with Crippen LogP contribution in [0.5, 0.6) is 0 Å². The van der Waals surface area contributed by atoms with Gasteiger partial charge in [-0.15, -0.1) is 0 Å². The highest BCUT2D eigenvalue weighted by molar-refractivity contribution is 7.89. The molecule has 142 valence electrons. The maximum absolute atomic E-state index is 12.3. The van der Waals surface area contributed by atoms with Gasteiger partial charge in [0, 0.05) is 19.1 Å². The van der Waals surface area contributed by atoms with Gasteiger partial charge in [-0.3, -0.25) is 0 Å². The first-order valence-electron chi connectivity index (χ1n) is 8.37. The van der Waals surface area contributed by atoms with Crippen LogP contribution >= 0.6 is 0 Å². The molecule has 1 saturated heterocycles. The standard InChI is InChI=1S/C16H27N3O5S/c1-16(2,3)24-15(20)19-9-5-4-6-12(11-19)18-10-13-7-8-14(23-13)25(17,21)22/h7-8,12,18H,4-6,9-11H2,1-3H3,(H2,17,21,22). The van der Waals surface area contributed by atoms with Crippen LogP contribution in [0.25, 0.3) is 0 Å². The molecule has 2 rings (SSSR count). The molecule has 2 heterocycles. The zero-order chi connectivity index (χ0) is 18.7. The van der Waals surface area contributed by atoms with Crippen molar-refractivity contribution in [3.05, 3.63) is 17.9 Å². The van der Waals surface area contributed by atoms with Crippen LogP contribution in [0.1, 0.15) is 45.8 Å². The number of ether oxygens (including phenoxy) is 1. The third kappa shape index (κ3) is 6.33. The summed E-state index contributed by atoms with van der Waals surface area (Å²) in [7, 11) is -3.83. The number of carbonyl (C=O) groups excluding carboxylic acids is 1. The summed E-state index contributed by atoms with van der Waals surface area (Å²) in [6.45, 7) is 7.11. The van der Waals surface area contributed by atoms with Gasteiger partial charge in [0.1, 0.15) is 11.4 Å². The van der Waals surface area contributed by atoms with Crippen LogP contribution in [0, 0.1) is 0 Å². The highest BCUT2D eigenvalue weighted by atomic mass is 32.2. The molecule has 0 radical (unpaired) electrons. The second-order valence-electron chi connectivity index (χ2n) is 7.27. The summed E-state index contributed by atoms with van der Waals surface area (Å²) in [6, 6.07) is 3.00. The van der Waals surface area contributed by atoms with E-state index in [4.69, 9.17) is 14.3 Å². The number of nitrogens with one attached hydrogen (secondary N) is 1. The van der Waals surface area contributed by atoms with E-state index < -0.39 is 15.6 Å². The van der Waals surface area contributed by atoms with E-state index in [1.165, 1.54) is 6.07 Å². The number of sulfonamides is 1. The average molecular weight is 373 g/mol. The molecule has 0 bridgehead atoms. The van der Waals surface area contributed by atoms with Crippen LogP contribution in [0.3, 0.4) is 0 Å². The molecule has 0 saturated carbocycles. The number of nitrogens with two attached hydrogens (primary N) is 1. The van der Waals surface area contributed by atoms with Gasteiger partial charge in [0.25, 0.3) is 10.0 Å². The highest BCUT2D eigenvalue weighted by Gasteiger charge is 2.26. The molecule has 25 heavy (non-hydrogen) atoms. The lowest BCUT2D eigenvalue weighted by Crippen LogP contribution is -2.44. The lowest BCUT2D eigenvalue weighted by molar-refractivity contribution is 0.0243. The second kappa shape index (κ2) is 7.76. The Morgan fingerprint density at radius 1 is 1.40 bits per heavy atom. The molecule has 8 nitrogen and oxygen atoms in total. The summed E-state index contributed by atoms with van der Waals surface area (Å²) in [5.74, 6) is 0.483. The zero-order valence-electron chi connectivity index (χ0n) is 14.9. The maximum atomic E-state index is 12.3. The third-order valence-corrected chi connectivity index (χ3v) is 4.59. The summed E-state index contributed by atoms with van der Waals surface area (Å²) in [5.41, 5.74) is -0.523. The average Bonchev–Trinajstić information content (AvgIpc) is 2.82. The summed E-state index contributed by atoms with van der Waals surface area (Å²) >= 11 is 0. The number of hydrogen-bond acceptors (Lipinski definition) is 6. The molecule has 1 atom stereocenters. The number of rotatable bonds is 4. The first-order valence-corrected chi connectivity index (χ1v) is 9.92. The Kier molecular flexibility index (Phi) is 6.12. The van der Waals surface area contributed by atoms with Gasteiger partial charge in [-0.1, -0.05) is 6.42 Å². The zero-order valence-corrected chi connectivity index (χ0v) is 15.8. The quantitative estimate of drug-likeness (QED) is 0.832. The van der Waals surface area contributed by atoms with Crippen molar-refractivity contribution in [2.24, 2.45) is 5.14 Å². The van der Waals surface area contributed by atoms with E-state index in [0.717, 1.165) is 19.3 Å². The molecule has 3 N–H and O–H groups in total. The molecule has 1 aliphatic heterocycles. The van der Waals surface area contributed by atoms with Crippen LogP contribution in [0.2, 0.25) is 0 Å². The van der Waals surface area contributed by atoms with Gasteiger partial charge in [0.05, 0.1) is 6.54 Å². The first kappa shape index (κ1) is 19.7. The fourth-order valence-electron chi connectivity index (χ4n) is 2.65. The van der Waals surface area contributed by atoms with Gasteiger partial charge < -0.3 is 19.4 Å². The molecule has 1 aromatic heterocycles. The molecule has 1 aliphatic rings. The molecule has 0 spiro atoms. The summed E-state index contributed by atoms with van der Waals surface area (Å²) in [4.78, 5) is 14.0. The van der Waals surface area contributed by atoms with Crippen molar-refractivity contribution in [2.75, 3.05) is 13.1 Å². The van der Waals surface area contributed by atoms with Gasteiger partial charge >= 0.3 is 6.09 Å². The van der Waals surface area contributed by atoms with E-state index in [9.17, 15) is 13.2 Å². The predicted octanol–water partition coefficient (Wildman–Crippen LogP) is 1.81. The maximum Gasteiger partial charge on any atom is 0.410 e. The number of amides is 1. The molecule has 1 unspecified atom stereocenters. The van der Waals surface area contributed by atoms with Crippen molar-refractivity contribution in [1.29, 1.82) is 0 Å². The number of likely N-dealkylation sites (tertiary alicyclic amines) is 1. The lowest BCUT2D eigenvalue weighted by Gasteiger charge is -2.28. The fourth-order valence-corrected chi connectivity index (χ4v) is 3.13. The van der Waals surface area contributed by atoms with Gasteiger partial charge in [-0.25, -0.2) is 18.4 Å². The van der Waals surface area contributed by atoms with Crippen LogP contribution in [-0.2, 0) is 21.3 Å². The Hall–Kier alpha value is -1.58. The van der Waals surface area contributed by atoms with Gasteiger partial charge in [0.15, 0.2) is 0 Å². The Morgan fingerprint density at radius 2 is 2.12 bits per heavy atom. The minimum absolute atomic E-state index is 0.0815. The molecule has 9 heteroatoms. The normalized spacial score (nSPS) is 19.5. The van der Waals surface area contributed by atoms with Crippen molar-refractivity contribution in [1.82, 2.24) is 10.2 Å². The molecule has 0 aliphatic carbocycles. The van der Waals surface area contributed by atoms with E-state index in [1.807, 2.05) is 20.8 Å². The second-order valence-corrected chi connectivity index (χ2v) is 8.76. The SMILES string of the molecule is CC(C)(C)OC(=O)N1CCCCC(NCc2ccc(S(N)(=O)=O)o2)C1. The van der Waals surface area contributed by atoms with Gasteiger partial charge in [0.2, 0.25) is 5.09 Å². The molecule has 1 aromatic rings. The van der Waals surface area contributed by atoms with Crippen LogP contribution < -0.4 is 10.5 Å². The smallest absolute Gasteiger partial charge is 0.410 e. The van der Waals surface area contributed by atoms with Crippen LogP contribution in [-0.4, -0.2) is 44.1 Å². The van der Waals surface area contributed by atoms with Crippen molar-refractivity contribution >= 4 is 16.1 Å². The minimum Gasteiger partial charge on any atom is -0.447 e. The van der Waals surface area contributed by atoms with Crippen molar-refractivity contribution in [3.8, 4) is 0 Å². The van der Waals surface area contributed by atoms with Gasteiger partial charge in [-0.05, 0) is 45.7 Å². The number of furan rings is 1. The number of hydrogen-bond donors (Lipinski definition) is 2. The lowest BCUT2D eigenvalue weighted by atomic mass is 10.1. The number of primary sulfonamides is 1. The predicted molar refractivity (Wildman–Crippen MR) is 92.4 cm³/mol.